The Kier molecular flexibility index (Phi) is 5.44. The lowest BCUT2D eigenvalue weighted by Gasteiger charge is -2.49. The Labute approximate surface area is 181 Å². The molecule has 2 atom stereocenters. The number of rotatable bonds is 6. The van der Waals surface area contributed by atoms with Crippen molar-refractivity contribution in [3.05, 3.63) is 33.4 Å². The van der Waals surface area contributed by atoms with Gasteiger partial charge in [-0.3, -0.25) is 19.5 Å². The van der Waals surface area contributed by atoms with Gasteiger partial charge in [-0.05, 0) is 0 Å². The summed E-state index contributed by atoms with van der Waals surface area (Å²) < 4.78 is 0. The van der Waals surface area contributed by atoms with Crippen LogP contribution in [0.1, 0.15) is 10.6 Å². The Morgan fingerprint density at radius 2 is 2.23 bits per heavy atom. The van der Waals surface area contributed by atoms with Crippen LogP contribution in [0, 0.1) is 0 Å². The molecule has 0 saturated carbocycles. The van der Waals surface area contributed by atoms with Crippen molar-refractivity contribution in [2.75, 3.05) is 18.6 Å². The van der Waals surface area contributed by atoms with E-state index in [4.69, 9.17) is 10.6 Å². The minimum absolute atomic E-state index is 0.0865. The number of oxime groups is 1. The van der Waals surface area contributed by atoms with Gasteiger partial charge in [-0.2, -0.15) is 0 Å². The van der Waals surface area contributed by atoms with Gasteiger partial charge in [0.1, 0.15) is 29.9 Å². The van der Waals surface area contributed by atoms with E-state index in [1.807, 2.05) is 0 Å². The highest BCUT2D eigenvalue weighted by Crippen LogP contribution is 2.43. The molecule has 4 N–H and O–H groups in total. The van der Waals surface area contributed by atoms with Crippen molar-refractivity contribution >= 4 is 68.6 Å². The number of anilines is 1. The molecule has 30 heavy (non-hydrogen) atoms. The monoisotopic (exact) mass is 466 g/mol. The lowest BCUT2D eigenvalue weighted by atomic mass is 10.0. The number of carboxylic acids is 1. The number of nitrogens with zero attached hydrogens (tertiary/aromatic N) is 4. The number of nitrogen functional groups attached to an aromatic ring is 1. The number of nitrogens with two attached hydrogens (primary N) is 1. The zero-order valence-electron chi connectivity index (χ0n) is 15.3. The number of aromatic nitrogens is 2. The smallest absolute Gasteiger partial charge is 0.353 e. The molecular weight excluding hydrogens is 452 g/mol. The highest BCUT2D eigenvalue weighted by atomic mass is 32.2. The van der Waals surface area contributed by atoms with Crippen LogP contribution in [0.5, 0.6) is 0 Å². The number of carbonyl (C=O) groups is 3. The Balaban J connectivity index is 1.56. The average Bonchev–Trinajstić information content (AvgIpc) is 3.40. The van der Waals surface area contributed by atoms with Crippen LogP contribution in [0.2, 0.25) is 0 Å². The molecule has 2 aliphatic heterocycles. The maximum absolute atomic E-state index is 12.8. The molecule has 2 aromatic rings. The molecule has 14 heteroatoms. The van der Waals surface area contributed by atoms with Gasteiger partial charge in [0.05, 0.1) is 10.4 Å². The average molecular weight is 467 g/mol. The van der Waals surface area contributed by atoms with E-state index in [1.54, 1.807) is 17.1 Å². The molecule has 0 spiro atoms. The molecule has 0 unspecified atom stereocenters. The molecule has 0 radical (unpaired) electrons. The number of thiazole rings is 2. The summed E-state index contributed by atoms with van der Waals surface area (Å²) >= 11 is 3.79. The van der Waals surface area contributed by atoms with Crippen molar-refractivity contribution in [1.29, 1.82) is 0 Å². The van der Waals surface area contributed by atoms with Gasteiger partial charge in [-0.15, -0.1) is 34.4 Å². The van der Waals surface area contributed by atoms with Crippen LogP contribution in [0.15, 0.2) is 27.9 Å². The van der Waals surface area contributed by atoms with Crippen molar-refractivity contribution in [2.24, 2.45) is 5.16 Å². The maximum atomic E-state index is 12.8. The van der Waals surface area contributed by atoms with E-state index in [9.17, 15) is 19.5 Å². The number of fused-ring (bicyclic) bond motifs is 1. The highest BCUT2D eigenvalue weighted by molar-refractivity contribution is 8.00. The van der Waals surface area contributed by atoms with E-state index >= 15 is 0 Å². The van der Waals surface area contributed by atoms with Crippen LogP contribution in [-0.4, -0.2) is 67.7 Å². The summed E-state index contributed by atoms with van der Waals surface area (Å²) in [5.41, 5.74) is 7.74. The molecule has 2 aliphatic rings. The van der Waals surface area contributed by atoms with E-state index < -0.39 is 29.2 Å². The molecule has 11 nitrogen and oxygen atoms in total. The number of thioether (sulfide) groups is 1. The van der Waals surface area contributed by atoms with Crippen LogP contribution in [0.25, 0.3) is 5.57 Å². The number of carboxylic acid groups (broad SMARTS) is 1. The third-order valence-corrected chi connectivity index (χ3v) is 7.14. The third kappa shape index (κ3) is 3.42. The maximum Gasteiger partial charge on any atom is 0.353 e. The van der Waals surface area contributed by atoms with E-state index in [0.29, 0.717) is 16.2 Å². The molecule has 1 fully saturated rings. The minimum Gasteiger partial charge on any atom is -0.477 e. The molecule has 0 aliphatic carbocycles. The van der Waals surface area contributed by atoms with Crippen molar-refractivity contribution < 1.29 is 24.3 Å². The van der Waals surface area contributed by atoms with Gasteiger partial charge in [0.15, 0.2) is 10.8 Å². The molecule has 1 saturated heterocycles. The topological polar surface area (TPSA) is 160 Å². The fourth-order valence-corrected chi connectivity index (χ4v) is 5.75. The number of carbonyl (C=O) groups excluding carboxylic acids is 2. The Morgan fingerprint density at radius 1 is 1.43 bits per heavy atom. The van der Waals surface area contributed by atoms with Gasteiger partial charge >= 0.3 is 5.97 Å². The van der Waals surface area contributed by atoms with Crippen molar-refractivity contribution in [2.45, 2.75) is 11.4 Å². The van der Waals surface area contributed by atoms with Gasteiger partial charge in [0.2, 0.25) is 0 Å². The first-order valence-corrected chi connectivity index (χ1v) is 11.2. The van der Waals surface area contributed by atoms with Crippen LogP contribution in [0.4, 0.5) is 5.13 Å². The van der Waals surface area contributed by atoms with E-state index in [-0.39, 0.29) is 22.2 Å². The summed E-state index contributed by atoms with van der Waals surface area (Å²) in [5, 5.41) is 17.2. The predicted octanol–water partition coefficient (Wildman–Crippen LogP) is 0.428. The Bertz CT molecular complexity index is 1080. The van der Waals surface area contributed by atoms with Gasteiger partial charge in [-0.1, -0.05) is 5.16 Å². The van der Waals surface area contributed by atoms with Crippen LogP contribution >= 0.6 is 34.4 Å². The van der Waals surface area contributed by atoms with E-state index in [0.717, 1.165) is 11.3 Å². The summed E-state index contributed by atoms with van der Waals surface area (Å²) in [5.74, 6) is -2.03. The molecule has 156 valence electrons. The zero-order valence-corrected chi connectivity index (χ0v) is 17.7. The van der Waals surface area contributed by atoms with Crippen molar-refractivity contribution in [1.82, 2.24) is 20.2 Å². The van der Waals surface area contributed by atoms with E-state index in [1.165, 1.54) is 35.1 Å². The quantitative estimate of drug-likeness (QED) is 0.311. The molecule has 0 bridgehead atoms. The fraction of sp³-hybridized carbons (Fsp3) is 0.250. The number of amides is 2. The highest BCUT2D eigenvalue weighted by Gasteiger charge is 2.54. The van der Waals surface area contributed by atoms with Crippen LogP contribution in [-0.2, 0) is 19.2 Å². The van der Waals surface area contributed by atoms with E-state index in [2.05, 4.69) is 20.4 Å². The molecular formula is C16H14N6O5S3. The standard InChI is InChI=1S/C16H14N6O5S3/c1-27-21-9(7-4-29-16(17)19-7)12(23)20-10-13(24)22-11(15(25)26)6(3-28-14(10)22)8-2-18-5-30-8/h2,4-5,10,14H,3H2,1H3,(H2,17,19)(H,20,23)(H,25,26)/b21-9+/t10-,14-/m1/s1. The second-order valence-corrected chi connectivity index (χ2v) is 8.93. The van der Waals surface area contributed by atoms with Gasteiger partial charge in [0, 0.05) is 22.9 Å². The Hall–Kier alpha value is -2.97. The predicted molar refractivity (Wildman–Crippen MR) is 112 cm³/mol. The SMILES string of the molecule is CO/N=C(/C(=O)N[C@@H]1C(=O)N2C(C(=O)O)=C(c3cncs3)CS[C@H]12)c1csc(N)n1. The summed E-state index contributed by atoms with van der Waals surface area (Å²) in [6.07, 6.45) is 1.57. The summed E-state index contributed by atoms with van der Waals surface area (Å²) in [6.45, 7) is 0. The number of hydrogen-bond acceptors (Lipinski definition) is 11. The molecule has 4 heterocycles. The first-order valence-electron chi connectivity index (χ1n) is 8.35. The largest absolute Gasteiger partial charge is 0.477 e. The minimum atomic E-state index is -1.21. The molecule has 4 rings (SSSR count). The Morgan fingerprint density at radius 3 is 2.83 bits per heavy atom. The molecule has 0 aromatic carbocycles. The summed E-state index contributed by atoms with van der Waals surface area (Å²) in [6, 6.07) is -0.905. The number of nitrogens with one attached hydrogen (secondary N) is 1. The first kappa shape index (κ1) is 20.3. The lowest BCUT2D eigenvalue weighted by Crippen LogP contribution is -2.71. The lowest BCUT2D eigenvalue weighted by molar-refractivity contribution is -0.149. The second kappa shape index (κ2) is 8.04. The second-order valence-electron chi connectivity index (χ2n) is 6.05. The summed E-state index contributed by atoms with van der Waals surface area (Å²) in [4.78, 5) is 52.0. The van der Waals surface area contributed by atoms with Gasteiger partial charge < -0.3 is 21.0 Å². The van der Waals surface area contributed by atoms with Crippen LogP contribution in [0.3, 0.4) is 0 Å². The van der Waals surface area contributed by atoms with Gasteiger partial charge in [-0.25, -0.2) is 9.78 Å². The van der Waals surface area contributed by atoms with Crippen LogP contribution < -0.4 is 11.1 Å². The number of hydrogen-bond donors (Lipinski definition) is 3. The van der Waals surface area contributed by atoms with Gasteiger partial charge in [0.25, 0.3) is 11.8 Å². The fourth-order valence-electron chi connectivity index (χ4n) is 3.07. The first-order chi connectivity index (χ1) is 14.4. The van der Waals surface area contributed by atoms with Crippen molar-refractivity contribution in [3.8, 4) is 0 Å². The third-order valence-electron chi connectivity index (χ3n) is 4.35. The number of aliphatic carboxylic acids is 1. The zero-order chi connectivity index (χ0) is 21.4. The van der Waals surface area contributed by atoms with Crippen molar-refractivity contribution in [3.63, 3.8) is 0 Å². The molecule has 2 amide bonds. The number of β-lactam (4-membered cyclic amide) rings is 1. The summed E-state index contributed by atoms with van der Waals surface area (Å²) in [7, 11) is 1.28. The normalized spacial score (nSPS) is 21.2. The molecule has 2 aromatic heterocycles.